The van der Waals surface area contributed by atoms with Crippen LogP contribution in [-0.2, 0) is 11.2 Å². The molecule has 1 amide bonds. The molecule has 108 valence electrons. The Bertz CT molecular complexity index is 541. The maximum atomic E-state index is 12.2. The second-order valence-corrected chi connectivity index (χ2v) is 5.50. The Balaban J connectivity index is 2.18. The number of aromatic nitrogens is 1. The first-order chi connectivity index (χ1) is 9.47. The molecule has 0 radical (unpaired) electrons. The minimum absolute atomic E-state index is 0.249. The summed E-state index contributed by atoms with van der Waals surface area (Å²) in [7, 11) is 0. The van der Waals surface area contributed by atoms with E-state index in [0.29, 0.717) is 18.4 Å². The first-order valence-corrected chi connectivity index (χ1v) is 7.07. The van der Waals surface area contributed by atoms with Gasteiger partial charge in [-0.3, -0.25) is 4.79 Å². The maximum absolute atomic E-state index is 12.2. The monoisotopic (exact) mass is 296 g/mol. The lowest BCUT2D eigenvalue weighted by atomic mass is 9.76. The zero-order chi connectivity index (χ0) is 14.8. The predicted molar refractivity (Wildman–Crippen MR) is 74.9 cm³/mol. The maximum Gasteiger partial charge on any atom is 0.329 e. The lowest BCUT2D eigenvalue weighted by molar-refractivity contribution is -0.148. The van der Waals surface area contributed by atoms with Crippen LogP contribution >= 0.6 is 11.6 Å². The highest BCUT2D eigenvalue weighted by atomic mass is 35.5. The molecule has 5 nitrogen and oxygen atoms in total. The van der Waals surface area contributed by atoms with Crippen molar-refractivity contribution >= 4 is 23.5 Å². The summed E-state index contributed by atoms with van der Waals surface area (Å²) in [6.45, 7) is 2.01. The number of nitrogens with one attached hydrogen (secondary N) is 1. The molecule has 1 fully saturated rings. The van der Waals surface area contributed by atoms with Crippen LogP contribution in [-0.4, -0.2) is 27.5 Å². The molecule has 0 unspecified atom stereocenters. The van der Waals surface area contributed by atoms with E-state index in [4.69, 9.17) is 11.6 Å². The molecule has 0 atom stereocenters. The van der Waals surface area contributed by atoms with Gasteiger partial charge in [-0.2, -0.15) is 0 Å². The average Bonchev–Trinajstić information content (AvgIpc) is 2.32. The Morgan fingerprint density at radius 2 is 2.15 bits per heavy atom. The lowest BCUT2D eigenvalue weighted by Crippen LogP contribution is -2.59. The van der Waals surface area contributed by atoms with Crippen LogP contribution in [0.4, 0.5) is 0 Å². The molecular formula is C14H17ClN2O3. The summed E-state index contributed by atoms with van der Waals surface area (Å²) in [4.78, 5) is 27.6. The first kappa shape index (κ1) is 14.8. The third-order valence-electron chi connectivity index (χ3n) is 3.58. The van der Waals surface area contributed by atoms with Crippen LogP contribution in [0.1, 0.15) is 48.7 Å². The first-order valence-electron chi connectivity index (χ1n) is 6.69. The highest BCUT2D eigenvalue weighted by Gasteiger charge is 2.45. The Kier molecular flexibility index (Phi) is 4.28. The quantitative estimate of drug-likeness (QED) is 0.818. The van der Waals surface area contributed by atoms with Crippen molar-refractivity contribution in [3.8, 4) is 0 Å². The van der Waals surface area contributed by atoms with E-state index in [1.54, 1.807) is 6.07 Å². The molecule has 20 heavy (non-hydrogen) atoms. The largest absolute Gasteiger partial charge is 0.480 e. The Labute approximate surface area is 122 Å². The van der Waals surface area contributed by atoms with Gasteiger partial charge in [-0.25, -0.2) is 9.78 Å². The second-order valence-electron chi connectivity index (χ2n) is 5.11. The fourth-order valence-corrected chi connectivity index (χ4v) is 2.50. The van der Waals surface area contributed by atoms with E-state index < -0.39 is 17.4 Å². The van der Waals surface area contributed by atoms with Crippen molar-refractivity contribution in [2.45, 2.75) is 44.6 Å². The molecule has 0 saturated heterocycles. The summed E-state index contributed by atoms with van der Waals surface area (Å²) in [6, 6.07) is 3.13. The van der Waals surface area contributed by atoms with Crippen LogP contribution in [0.15, 0.2) is 12.1 Å². The summed E-state index contributed by atoms with van der Waals surface area (Å²) in [5.74, 6) is -1.39. The number of hydrogen-bond acceptors (Lipinski definition) is 3. The van der Waals surface area contributed by atoms with Gasteiger partial charge in [0.25, 0.3) is 5.91 Å². The molecule has 0 spiro atoms. The normalized spacial score (nSPS) is 16.3. The zero-order valence-corrected chi connectivity index (χ0v) is 12.0. The molecule has 2 rings (SSSR count). The number of carbonyl (C=O) groups excluding carboxylic acids is 1. The number of aliphatic carboxylic acids is 1. The van der Waals surface area contributed by atoms with Crippen LogP contribution in [0.25, 0.3) is 0 Å². The third-order valence-corrected chi connectivity index (χ3v) is 3.78. The Hall–Kier alpha value is -1.62. The van der Waals surface area contributed by atoms with Gasteiger partial charge in [-0.05, 0) is 37.8 Å². The number of amides is 1. The summed E-state index contributed by atoms with van der Waals surface area (Å²) >= 11 is 5.90. The van der Waals surface area contributed by atoms with Crippen molar-refractivity contribution in [3.63, 3.8) is 0 Å². The number of nitrogens with zero attached hydrogens (tertiary/aromatic N) is 1. The number of carboxylic acids is 1. The van der Waals surface area contributed by atoms with Gasteiger partial charge in [0.2, 0.25) is 0 Å². The van der Waals surface area contributed by atoms with Crippen molar-refractivity contribution in [1.29, 1.82) is 0 Å². The number of rotatable bonds is 5. The highest BCUT2D eigenvalue weighted by molar-refractivity contribution is 6.29. The van der Waals surface area contributed by atoms with Crippen LogP contribution in [0.2, 0.25) is 5.15 Å². The minimum Gasteiger partial charge on any atom is -0.480 e. The van der Waals surface area contributed by atoms with Crippen LogP contribution in [0, 0.1) is 0 Å². The van der Waals surface area contributed by atoms with Crippen molar-refractivity contribution in [3.05, 3.63) is 28.5 Å². The summed E-state index contributed by atoms with van der Waals surface area (Å²) in [5, 5.41) is 12.1. The van der Waals surface area contributed by atoms with E-state index in [9.17, 15) is 14.7 Å². The molecule has 1 saturated carbocycles. The topological polar surface area (TPSA) is 79.3 Å². The number of halogens is 1. The predicted octanol–water partition coefficient (Wildman–Crippen LogP) is 2.42. The summed E-state index contributed by atoms with van der Waals surface area (Å²) in [5.41, 5.74) is -0.0123. The highest BCUT2D eigenvalue weighted by Crippen LogP contribution is 2.32. The number of aryl methyl sites for hydroxylation is 1. The standard InChI is InChI=1S/C14H17ClN2O3/c1-2-4-10-7-9(8-11(15)16-10)12(18)17-14(13(19)20)5-3-6-14/h7-8H,2-6H2,1H3,(H,17,18)(H,19,20). The smallest absolute Gasteiger partial charge is 0.329 e. The SMILES string of the molecule is CCCc1cc(C(=O)NC2(C(=O)O)CCC2)cc(Cl)n1. The van der Waals surface area contributed by atoms with E-state index in [1.165, 1.54) is 6.07 Å². The fraction of sp³-hybridized carbons (Fsp3) is 0.500. The number of carbonyl (C=O) groups is 2. The average molecular weight is 297 g/mol. The molecule has 1 aromatic heterocycles. The summed E-state index contributed by atoms with van der Waals surface area (Å²) in [6.07, 6.45) is 3.37. The van der Waals surface area contributed by atoms with Gasteiger partial charge in [0.05, 0.1) is 0 Å². The molecule has 1 heterocycles. The molecule has 0 aliphatic heterocycles. The van der Waals surface area contributed by atoms with Gasteiger partial charge in [0, 0.05) is 11.3 Å². The van der Waals surface area contributed by atoms with Gasteiger partial charge in [0.1, 0.15) is 10.7 Å². The molecule has 6 heteroatoms. The van der Waals surface area contributed by atoms with E-state index in [0.717, 1.165) is 25.0 Å². The van der Waals surface area contributed by atoms with Crippen molar-refractivity contribution in [2.75, 3.05) is 0 Å². The van der Waals surface area contributed by atoms with Gasteiger partial charge in [-0.15, -0.1) is 0 Å². The van der Waals surface area contributed by atoms with Gasteiger partial charge in [-0.1, -0.05) is 24.9 Å². The lowest BCUT2D eigenvalue weighted by Gasteiger charge is -2.38. The van der Waals surface area contributed by atoms with Gasteiger partial charge < -0.3 is 10.4 Å². The van der Waals surface area contributed by atoms with Crippen molar-refractivity contribution in [2.24, 2.45) is 0 Å². The van der Waals surface area contributed by atoms with E-state index >= 15 is 0 Å². The number of pyridine rings is 1. The summed E-state index contributed by atoms with van der Waals surface area (Å²) < 4.78 is 0. The molecule has 2 N–H and O–H groups in total. The van der Waals surface area contributed by atoms with Gasteiger partial charge in [0.15, 0.2) is 0 Å². The van der Waals surface area contributed by atoms with Crippen molar-refractivity contribution in [1.82, 2.24) is 10.3 Å². The van der Waals surface area contributed by atoms with E-state index in [1.807, 2.05) is 6.92 Å². The zero-order valence-electron chi connectivity index (χ0n) is 11.3. The van der Waals surface area contributed by atoms with E-state index in [2.05, 4.69) is 10.3 Å². The second kappa shape index (κ2) is 5.79. The van der Waals surface area contributed by atoms with Crippen LogP contribution in [0.3, 0.4) is 0 Å². The Morgan fingerprint density at radius 1 is 1.45 bits per heavy atom. The Morgan fingerprint density at radius 3 is 2.65 bits per heavy atom. The third kappa shape index (κ3) is 2.93. The minimum atomic E-state index is -1.11. The number of carboxylic acid groups (broad SMARTS) is 1. The molecule has 1 aromatic rings. The molecular weight excluding hydrogens is 280 g/mol. The molecule has 1 aliphatic carbocycles. The molecule has 1 aliphatic rings. The van der Waals surface area contributed by atoms with Crippen molar-refractivity contribution < 1.29 is 14.7 Å². The molecule has 0 aromatic carbocycles. The fourth-order valence-electron chi connectivity index (χ4n) is 2.28. The van der Waals surface area contributed by atoms with Gasteiger partial charge >= 0.3 is 5.97 Å². The number of hydrogen-bond donors (Lipinski definition) is 2. The van der Waals surface area contributed by atoms with E-state index in [-0.39, 0.29) is 5.15 Å². The van der Waals surface area contributed by atoms with Crippen LogP contribution in [0.5, 0.6) is 0 Å². The van der Waals surface area contributed by atoms with Crippen LogP contribution < -0.4 is 5.32 Å². The molecule has 0 bridgehead atoms.